The van der Waals surface area contributed by atoms with E-state index in [4.69, 9.17) is 10.5 Å². The van der Waals surface area contributed by atoms with Gasteiger partial charge in [-0.2, -0.15) is 8.78 Å². The van der Waals surface area contributed by atoms with E-state index in [0.717, 1.165) is 12.8 Å². The normalized spacial score (nSPS) is 21.6. The minimum atomic E-state index is -2.94. The van der Waals surface area contributed by atoms with Crippen molar-refractivity contribution >= 4 is 11.9 Å². The molecule has 1 atom stereocenters. The summed E-state index contributed by atoms with van der Waals surface area (Å²) >= 11 is 0. The lowest BCUT2D eigenvalue weighted by molar-refractivity contribution is -0.129. The summed E-state index contributed by atoms with van der Waals surface area (Å²) in [6.07, 6.45) is 1.73. The largest absolute Gasteiger partial charge is 0.435 e. The molecule has 1 unspecified atom stereocenters. The smallest absolute Gasteiger partial charge is 0.387 e. The van der Waals surface area contributed by atoms with E-state index in [2.05, 4.69) is 4.99 Å². The second kappa shape index (κ2) is 7.30. The van der Waals surface area contributed by atoms with Crippen LogP contribution >= 0.6 is 0 Å². The van der Waals surface area contributed by atoms with E-state index in [0.29, 0.717) is 22.3 Å². The van der Waals surface area contributed by atoms with E-state index in [1.165, 1.54) is 11.0 Å². The Labute approximate surface area is 179 Å². The Balaban J connectivity index is 1.92. The molecule has 0 radical (unpaired) electrons. The van der Waals surface area contributed by atoms with Crippen LogP contribution < -0.4 is 10.5 Å². The monoisotopic (exact) mass is 429 g/mol. The van der Waals surface area contributed by atoms with Gasteiger partial charge in [-0.15, -0.1) is 0 Å². The average molecular weight is 429 g/mol. The van der Waals surface area contributed by atoms with Gasteiger partial charge in [-0.1, -0.05) is 24.3 Å². The molecule has 4 rings (SSSR count). The highest BCUT2D eigenvalue weighted by atomic mass is 19.3. The SMILES string of the molecule is CN1C(=O)C(c2cccc(C(C)(C)O)c2)(c2ccc(OC(F)F)c(C3CC3)c2)N=C1N. The third kappa shape index (κ3) is 3.65. The second-order valence-electron chi connectivity index (χ2n) is 8.59. The highest BCUT2D eigenvalue weighted by Crippen LogP contribution is 2.48. The fourth-order valence-corrected chi connectivity index (χ4v) is 4.00. The topological polar surface area (TPSA) is 88.2 Å². The minimum Gasteiger partial charge on any atom is -0.435 e. The number of guanidine groups is 1. The Bertz CT molecular complexity index is 1060. The molecule has 3 N–H and O–H groups in total. The van der Waals surface area contributed by atoms with Gasteiger partial charge in [-0.25, -0.2) is 4.99 Å². The first-order valence-electron chi connectivity index (χ1n) is 10.1. The zero-order chi connectivity index (χ0) is 22.6. The lowest BCUT2D eigenvalue weighted by Crippen LogP contribution is -2.41. The highest BCUT2D eigenvalue weighted by molar-refractivity contribution is 6.09. The molecule has 6 nitrogen and oxygen atoms in total. The van der Waals surface area contributed by atoms with E-state index in [1.54, 1.807) is 57.3 Å². The molecule has 1 aliphatic heterocycles. The molecule has 2 aliphatic rings. The number of nitrogens with zero attached hydrogens (tertiary/aromatic N) is 2. The van der Waals surface area contributed by atoms with E-state index in [1.807, 2.05) is 0 Å². The van der Waals surface area contributed by atoms with Crippen LogP contribution in [-0.4, -0.2) is 35.5 Å². The average Bonchev–Trinajstić information content (AvgIpc) is 3.52. The van der Waals surface area contributed by atoms with E-state index in [-0.39, 0.29) is 23.5 Å². The summed E-state index contributed by atoms with van der Waals surface area (Å²) in [5.41, 5.74) is 5.71. The molecule has 1 amide bonds. The molecule has 1 fully saturated rings. The second-order valence-corrected chi connectivity index (χ2v) is 8.59. The van der Waals surface area contributed by atoms with Crippen molar-refractivity contribution in [3.05, 3.63) is 64.7 Å². The Morgan fingerprint density at radius 3 is 2.45 bits per heavy atom. The maximum atomic E-state index is 13.5. The molecule has 2 aromatic rings. The van der Waals surface area contributed by atoms with Crippen LogP contribution in [-0.2, 0) is 15.9 Å². The molecular weight excluding hydrogens is 404 g/mol. The summed E-state index contributed by atoms with van der Waals surface area (Å²) < 4.78 is 30.5. The molecule has 8 heteroatoms. The molecule has 0 aromatic heterocycles. The summed E-state index contributed by atoms with van der Waals surface area (Å²) in [6, 6.07) is 11.8. The van der Waals surface area contributed by atoms with Gasteiger partial charge in [0, 0.05) is 7.05 Å². The minimum absolute atomic E-state index is 0.0551. The van der Waals surface area contributed by atoms with Crippen LogP contribution in [0, 0.1) is 0 Å². The van der Waals surface area contributed by atoms with Gasteiger partial charge in [0.1, 0.15) is 5.75 Å². The number of carbonyl (C=O) groups excluding carboxylic acids is 1. The van der Waals surface area contributed by atoms with Gasteiger partial charge in [-0.3, -0.25) is 9.69 Å². The number of aliphatic hydroxyl groups is 1. The van der Waals surface area contributed by atoms with Crippen molar-refractivity contribution in [2.75, 3.05) is 7.05 Å². The number of rotatable bonds is 6. The molecule has 0 spiro atoms. The van der Waals surface area contributed by atoms with Gasteiger partial charge in [0.25, 0.3) is 5.91 Å². The van der Waals surface area contributed by atoms with E-state index < -0.39 is 17.8 Å². The van der Waals surface area contributed by atoms with Crippen LogP contribution in [0.1, 0.15) is 54.9 Å². The molecule has 0 saturated heterocycles. The zero-order valence-corrected chi connectivity index (χ0v) is 17.6. The summed E-state index contributed by atoms with van der Waals surface area (Å²) in [5.74, 6) is -0.0943. The number of carbonyl (C=O) groups is 1. The van der Waals surface area contributed by atoms with Crippen LogP contribution in [0.3, 0.4) is 0 Å². The van der Waals surface area contributed by atoms with Crippen molar-refractivity contribution < 1.29 is 23.4 Å². The van der Waals surface area contributed by atoms with Crippen molar-refractivity contribution in [3.8, 4) is 5.75 Å². The maximum Gasteiger partial charge on any atom is 0.387 e. The fraction of sp³-hybridized carbons (Fsp3) is 0.391. The van der Waals surface area contributed by atoms with Gasteiger partial charge in [-0.05, 0) is 73.1 Å². The molecule has 1 heterocycles. The molecule has 2 aromatic carbocycles. The number of halogens is 2. The molecule has 1 saturated carbocycles. The molecule has 31 heavy (non-hydrogen) atoms. The number of nitrogens with two attached hydrogens (primary N) is 1. The first-order chi connectivity index (χ1) is 14.5. The number of hydrogen-bond donors (Lipinski definition) is 2. The van der Waals surface area contributed by atoms with Gasteiger partial charge in [0.15, 0.2) is 11.5 Å². The van der Waals surface area contributed by atoms with Gasteiger partial charge >= 0.3 is 6.61 Å². The Kier molecular flexibility index (Phi) is 5.00. The van der Waals surface area contributed by atoms with Crippen LogP contribution in [0.25, 0.3) is 0 Å². The van der Waals surface area contributed by atoms with Crippen molar-refractivity contribution in [3.63, 3.8) is 0 Å². The lowest BCUT2D eigenvalue weighted by Gasteiger charge is -2.28. The molecule has 0 bridgehead atoms. The number of alkyl halides is 2. The van der Waals surface area contributed by atoms with Gasteiger partial charge in [0.05, 0.1) is 5.60 Å². The first kappa shape index (κ1) is 21.2. The number of likely N-dealkylation sites (N-methyl/N-ethyl adjacent to an activating group) is 1. The Hall–Kier alpha value is -3.00. The Morgan fingerprint density at radius 1 is 1.23 bits per heavy atom. The quantitative estimate of drug-likeness (QED) is 0.737. The molecular formula is C23H25F2N3O3. The van der Waals surface area contributed by atoms with Crippen LogP contribution in [0.2, 0.25) is 0 Å². The number of ether oxygens (including phenoxy) is 1. The maximum absolute atomic E-state index is 13.5. The summed E-state index contributed by atoms with van der Waals surface area (Å²) in [7, 11) is 1.54. The van der Waals surface area contributed by atoms with Crippen molar-refractivity contribution in [2.45, 2.75) is 50.4 Å². The zero-order valence-electron chi connectivity index (χ0n) is 17.6. The number of aliphatic imine (C=N–C) groups is 1. The van der Waals surface area contributed by atoms with Gasteiger partial charge in [0.2, 0.25) is 0 Å². The van der Waals surface area contributed by atoms with Crippen molar-refractivity contribution in [1.82, 2.24) is 4.90 Å². The summed E-state index contributed by atoms with van der Waals surface area (Å²) in [6.45, 7) is 0.371. The van der Waals surface area contributed by atoms with Crippen LogP contribution in [0.4, 0.5) is 8.78 Å². The summed E-state index contributed by atoms with van der Waals surface area (Å²) in [4.78, 5) is 19.3. The van der Waals surface area contributed by atoms with Crippen LogP contribution in [0.5, 0.6) is 5.75 Å². The van der Waals surface area contributed by atoms with E-state index >= 15 is 0 Å². The number of benzene rings is 2. The Morgan fingerprint density at radius 2 is 1.90 bits per heavy atom. The van der Waals surface area contributed by atoms with Crippen molar-refractivity contribution in [2.24, 2.45) is 10.7 Å². The number of amides is 1. The fourth-order valence-electron chi connectivity index (χ4n) is 4.00. The summed E-state index contributed by atoms with van der Waals surface area (Å²) in [5, 5.41) is 10.5. The predicted octanol–water partition coefficient (Wildman–Crippen LogP) is 3.42. The molecule has 164 valence electrons. The van der Waals surface area contributed by atoms with E-state index in [9.17, 15) is 18.7 Å². The highest BCUT2D eigenvalue weighted by Gasteiger charge is 2.50. The predicted molar refractivity (Wildman–Crippen MR) is 112 cm³/mol. The van der Waals surface area contributed by atoms with Crippen LogP contribution in [0.15, 0.2) is 47.5 Å². The standard InChI is InChI=1S/C23H25F2N3O3/c1-22(2,30)14-5-4-6-15(11-14)23(19(29)28(3)21(26)27-23)16-9-10-18(31-20(24)25)17(12-16)13-7-8-13/h4-6,9-13,20,30H,7-8H2,1-3H3,(H2,26,27). The lowest BCUT2D eigenvalue weighted by atomic mass is 9.80. The molecule has 1 aliphatic carbocycles. The first-order valence-corrected chi connectivity index (χ1v) is 10.1. The third-order valence-electron chi connectivity index (χ3n) is 5.89. The van der Waals surface area contributed by atoms with Gasteiger partial charge < -0.3 is 15.6 Å². The van der Waals surface area contributed by atoms with Crippen molar-refractivity contribution in [1.29, 1.82) is 0 Å². The number of hydrogen-bond acceptors (Lipinski definition) is 5. The third-order valence-corrected chi connectivity index (χ3v) is 5.89.